The molecule has 2 heterocycles. The molecule has 1 aromatic carbocycles. The highest BCUT2D eigenvalue weighted by molar-refractivity contribution is 5.96. The number of nitrogens with two attached hydrogens (primary N) is 2. The number of rotatable bonds is 14. The first-order valence-corrected chi connectivity index (χ1v) is 12.7. The van der Waals surface area contributed by atoms with E-state index < -0.39 is 66.1 Å². The van der Waals surface area contributed by atoms with Crippen molar-refractivity contribution in [3.63, 3.8) is 0 Å². The van der Waals surface area contributed by atoms with Crippen molar-refractivity contribution in [2.24, 2.45) is 17.4 Å². The lowest BCUT2D eigenvalue weighted by Crippen LogP contribution is -2.59. The molecule has 4 atom stereocenters. The highest BCUT2D eigenvalue weighted by atomic mass is 16.4. The minimum absolute atomic E-state index is 0.0543. The van der Waals surface area contributed by atoms with E-state index in [2.05, 4.69) is 30.9 Å². The minimum Gasteiger partial charge on any atom is -0.480 e. The second-order valence-corrected chi connectivity index (χ2v) is 9.81. The molecule has 14 nitrogen and oxygen atoms in total. The number of carboxylic acid groups (broad SMARTS) is 1. The van der Waals surface area contributed by atoms with Gasteiger partial charge < -0.3 is 42.5 Å². The van der Waals surface area contributed by atoms with Crippen molar-refractivity contribution in [2.75, 3.05) is 0 Å². The van der Waals surface area contributed by atoms with Crippen molar-refractivity contribution < 1.29 is 29.1 Å². The fourth-order valence-electron chi connectivity index (χ4n) is 4.19. The zero-order valence-electron chi connectivity index (χ0n) is 22.1. The number of carbonyl (C=O) groups is 5. The number of amides is 4. The van der Waals surface area contributed by atoms with E-state index in [1.807, 2.05) is 18.2 Å². The molecule has 0 saturated carbocycles. The summed E-state index contributed by atoms with van der Waals surface area (Å²) in [7, 11) is 0. The van der Waals surface area contributed by atoms with Gasteiger partial charge in [0.15, 0.2) is 0 Å². The van der Waals surface area contributed by atoms with E-state index in [0.29, 0.717) is 11.3 Å². The van der Waals surface area contributed by atoms with Crippen LogP contribution in [0.2, 0.25) is 0 Å². The van der Waals surface area contributed by atoms with Crippen molar-refractivity contribution in [2.45, 2.75) is 57.3 Å². The molecule has 40 heavy (non-hydrogen) atoms. The smallest absolute Gasteiger partial charge is 0.326 e. The maximum Gasteiger partial charge on any atom is 0.326 e. The first-order valence-electron chi connectivity index (χ1n) is 12.7. The number of fused-ring (bicyclic) bond motifs is 1. The lowest BCUT2D eigenvalue weighted by atomic mass is 10.0. The van der Waals surface area contributed by atoms with Crippen molar-refractivity contribution >= 4 is 40.5 Å². The van der Waals surface area contributed by atoms with E-state index in [9.17, 15) is 29.1 Å². The Morgan fingerprint density at radius 1 is 0.950 bits per heavy atom. The number of primary amides is 1. The number of aromatic nitrogens is 3. The Labute approximate surface area is 229 Å². The SMILES string of the molecule is CC(C)C(NC(=O)C(N)Cc1cnc[nH]1)C(=O)NC(CC(N)=O)C(=O)NC(Cc1c[nH]c2ccccc12)C(=O)O. The third-order valence-corrected chi connectivity index (χ3v) is 6.33. The third-order valence-electron chi connectivity index (χ3n) is 6.33. The zero-order chi connectivity index (χ0) is 29.4. The summed E-state index contributed by atoms with van der Waals surface area (Å²) in [5, 5.41) is 18.0. The van der Waals surface area contributed by atoms with E-state index in [0.717, 1.165) is 10.9 Å². The molecule has 4 amide bonds. The number of imidazole rings is 1. The summed E-state index contributed by atoms with van der Waals surface area (Å²) in [5.74, 6) is -4.90. The van der Waals surface area contributed by atoms with Crippen LogP contribution < -0.4 is 27.4 Å². The number of para-hydroxylation sites is 1. The van der Waals surface area contributed by atoms with Gasteiger partial charge in [0.05, 0.1) is 18.8 Å². The number of benzene rings is 1. The van der Waals surface area contributed by atoms with E-state index in [4.69, 9.17) is 11.5 Å². The van der Waals surface area contributed by atoms with E-state index in [1.165, 1.54) is 12.5 Å². The van der Waals surface area contributed by atoms with Gasteiger partial charge in [-0.3, -0.25) is 19.2 Å². The van der Waals surface area contributed by atoms with Gasteiger partial charge in [0.25, 0.3) is 0 Å². The Bertz CT molecular complexity index is 1350. The molecule has 0 aliphatic rings. The average molecular weight is 555 g/mol. The lowest BCUT2D eigenvalue weighted by Gasteiger charge is -2.26. The van der Waals surface area contributed by atoms with E-state index in [-0.39, 0.29) is 12.8 Å². The topological polar surface area (TPSA) is 238 Å². The van der Waals surface area contributed by atoms with Crippen LogP contribution in [0.5, 0.6) is 0 Å². The predicted octanol–water partition coefficient (Wildman–Crippen LogP) is -0.926. The number of H-pyrrole nitrogens is 2. The normalized spacial score (nSPS) is 14.2. The Kier molecular flexibility index (Phi) is 9.97. The van der Waals surface area contributed by atoms with Crippen molar-refractivity contribution in [3.8, 4) is 0 Å². The molecule has 0 aliphatic carbocycles. The van der Waals surface area contributed by atoms with Gasteiger partial charge in [-0.25, -0.2) is 9.78 Å². The Morgan fingerprint density at radius 3 is 2.27 bits per heavy atom. The fourth-order valence-corrected chi connectivity index (χ4v) is 4.19. The predicted molar refractivity (Wildman–Crippen MR) is 144 cm³/mol. The van der Waals surface area contributed by atoms with Crippen LogP contribution in [-0.4, -0.2) is 73.8 Å². The minimum atomic E-state index is -1.48. The van der Waals surface area contributed by atoms with Crippen LogP contribution in [0.25, 0.3) is 10.9 Å². The molecule has 3 rings (SSSR count). The standard InChI is InChI=1S/C26H34N8O6/c1-13(2)22(34-23(36)17(27)8-15-11-29-12-31-15)25(38)32-19(9-21(28)35)24(37)33-20(26(39)40)7-14-10-30-18-6-4-3-5-16(14)18/h3-6,10-13,17,19-20,22,30H,7-9,27H2,1-2H3,(H2,28,35)(H,29,31)(H,32,38)(H,33,37)(H,34,36)(H,39,40). The summed E-state index contributed by atoms with van der Waals surface area (Å²) in [5.41, 5.74) is 13.4. The molecule has 0 aliphatic heterocycles. The van der Waals surface area contributed by atoms with Crippen LogP contribution in [0.15, 0.2) is 43.0 Å². The van der Waals surface area contributed by atoms with Gasteiger partial charge in [-0.2, -0.15) is 0 Å². The number of aliphatic carboxylic acids is 1. The molecule has 0 fully saturated rings. The van der Waals surface area contributed by atoms with Crippen LogP contribution in [0.3, 0.4) is 0 Å². The number of hydrogen-bond donors (Lipinski definition) is 8. The Balaban J connectivity index is 1.70. The lowest BCUT2D eigenvalue weighted by molar-refractivity contribution is -0.142. The molecule has 0 spiro atoms. The maximum absolute atomic E-state index is 13.1. The first-order chi connectivity index (χ1) is 19.0. The number of nitrogens with zero attached hydrogens (tertiary/aromatic N) is 1. The van der Waals surface area contributed by atoms with E-state index >= 15 is 0 Å². The highest BCUT2D eigenvalue weighted by Crippen LogP contribution is 2.19. The van der Waals surface area contributed by atoms with Gasteiger partial charge >= 0.3 is 5.97 Å². The number of carbonyl (C=O) groups excluding carboxylic acids is 4. The Morgan fingerprint density at radius 2 is 1.65 bits per heavy atom. The number of nitrogens with one attached hydrogen (secondary N) is 5. The molecule has 4 unspecified atom stereocenters. The molecular weight excluding hydrogens is 520 g/mol. The average Bonchev–Trinajstić information content (AvgIpc) is 3.55. The van der Waals surface area contributed by atoms with Gasteiger partial charge in [0.1, 0.15) is 18.1 Å². The van der Waals surface area contributed by atoms with Gasteiger partial charge in [-0.15, -0.1) is 0 Å². The summed E-state index contributed by atoms with van der Waals surface area (Å²) < 4.78 is 0. The summed E-state index contributed by atoms with van der Waals surface area (Å²) >= 11 is 0. The van der Waals surface area contributed by atoms with Crippen LogP contribution in [0.1, 0.15) is 31.5 Å². The number of aromatic amines is 2. The summed E-state index contributed by atoms with van der Waals surface area (Å²) in [4.78, 5) is 72.4. The van der Waals surface area contributed by atoms with Gasteiger partial charge in [-0.1, -0.05) is 32.0 Å². The molecule has 3 aromatic rings. The van der Waals surface area contributed by atoms with Crippen LogP contribution >= 0.6 is 0 Å². The monoisotopic (exact) mass is 554 g/mol. The summed E-state index contributed by atoms with van der Waals surface area (Å²) in [6, 6.07) is 2.35. The number of carboxylic acids is 1. The summed E-state index contributed by atoms with van der Waals surface area (Å²) in [6.07, 6.45) is 4.14. The maximum atomic E-state index is 13.1. The fraction of sp³-hybridized carbons (Fsp3) is 0.385. The Hall–Kier alpha value is -4.72. The van der Waals surface area contributed by atoms with Crippen LogP contribution in [-0.2, 0) is 36.8 Å². The second-order valence-electron chi connectivity index (χ2n) is 9.81. The molecule has 0 bridgehead atoms. The molecule has 10 N–H and O–H groups in total. The van der Waals surface area contributed by atoms with Crippen molar-refractivity contribution in [3.05, 3.63) is 54.2 Å². The van der Waals surface area contributed by atoms with Crippen LogP contribution in [0.4, 0.5) is 0 Å². The molecule has 214 valence electrons. The van der Waals surface area contributed by atoms with Crippen LogP contribution in [0, 0.1) is 5.92 Å². The first kappa shape index (κ1) is 29.8. The van der Waals surface area contributed by atoms with E-state index in [1.54, 1.807) is 26.1 Å². The molecule has 0 saturated heterocycles. The molecular formula is C26H34N8O6. The molecule has 2 aromatic heterocycles. The molecule has 0 radical (unpaired) electrons. The van der Waals surface area contributed by atoms with Crippen molar-refractivity contribution in [1.82, 2.24) is 30.9 Å². The second kappa shape index (κ2) is 13.4. The third kappa shape index (κ3) is 7.89. The van der Waals surface area contributed by atoms with Gasteiger partial charge in [-0.05, 0) is 17.5 Å². The molecule has 14 heteroatoms. The highest BCUT2D eigenvalue weighted by Gasteiger charge is 2.32. The van der Waals surface area contributed by atoms with Gasteiger partial charge in [0, 0.05) is 41.8 Å². The summed E-state index contributed by atoms with van der Waals surface area (Å²) in [6.45, 7) is 3.35. The van der Waals surface area contributed by atoms with Crippen molar-refractivity contribution in [1.29, 1.82) is 0 Å². The largest absolute Gasteiger partial charge is 0.480 e. The van der Waals surface area contributed by atoms with Gasteiger partial charge in [0.2, 0.25) is 23.6 Å². The number of hydrogen-bond acceptors (Lipinski definition) is 7. The zero-order valence-corrected chi connectivity index (χ0v) is 22.1. The quantitative estimate of drug-likeness (QED) is 0.124.